The molecule has 0 atom stereocenters. The number of aromatic hydroxyl groups is 1. The fraction of sp³-hybridized carbons (Fsp3) is 0.583. The lowest BCUT2D eigenvalue weighted by atomic mass is 10.1. The molecule has 0 bridgehead atoms. The molecular formula is C12H17NO3S. The van der Waals surface area contributed by atoms with Crippen molar-refractivity contribution in [2.75, 3.05) is 6.54 Å². The van der Waals surface area contributed by atoms with E-state index in [1.54, 1.807) is 11.0 Å². The Kier molecular flexibility index (Phi) is 3.03. The zero-order valence-electron chi connectivity index (χ0n) is 10.3. The van der Waals surface area contributed by atoms with Gasteiger partial charge in [-0.25, -0.2) is 4.79 Å². The van der Waals surface area contributed by atoms with E-state index in [0.717, 1.165) is 12.0 Å². The average molecular weight is 255 g/mol. The molecule has 0 aromatic carbocycles. The second kappa shape index (κ2) is 4.22. The lowest BCUT2D eigenvalue weighted by Crippen LogP contribution is -2.39. The van der Waals surface area contributed by atoms with Gasteiger partial charge in [0.1, 0.15) is 5.60 Å². The molecule has 94 valence electrons. The van der Waals surface area contributed by atoms with E-state index in [9.17, 15) is 9.90 Å². The normalized spacial score (nSPS) is 15.6. The van der Waals surface area contributed by atoms with Gasteiger partial charge >= 0.3 is 6.09 Å². The van der Waals surface area contributed by atoms with Crippen molar-refractivity contribution in [2.24, 2.45) is 0 Å². The summed E-state index contributed by atoms with van der Waals surface area (Å²) in [7, 11) is 0. The van der Waals surface area contributed by atoms with E-state index < -0.39 is 5.60 Å². The van der Waals surface area contributed by atoms with Crippen LogP contribution in [0, 0.1) is 0 Å². The Morgan fingerprint density at radius 2 is 2.24 bits per heavy atom. The molecule has 0 unspecified atom stereocenters. The summed E-state index contributed by atoms with van der Waals surface area (Å²) in [5.74, 6) is 0. The van der Waals surface area contributed by atoms with Crippen LogP contribution in [-0.2, 0) is 17.7 Å². The van der Waals surface area contributed by atoms with Crippen molar-refractivity contribution in [1.82, 2.24) is 4.90 Å². The Morgan fingerprint density at radius 3 is 2.88 bits per heavy atom. The van der Waals surface area contributed by atoms with Gasteiger partial charge in [0.15, 0.2) is 5.06 Å². The molecule has 0 fully saturated rings. The van der Waals surface area contributed by atoms with Crippen LogP contribution in [0.25, 0.3) is 0 Å². The Labute approximate surface area is 105 Å². The van der Waals surface area contributed by atoms with Crippen LogP contribution in [0.2, 0.25) is 0 Å². The molecule has 0 saturated heterocycles. The number of hydrogen-bond donors (Lipinski definition) is 1. The quantitative estimate of drug-likeness (QED) is 0.775. The van der Waals surface area contributed by atoms with Gasteiger partial charge < -0.3 is 14.7 Å². The number of amides is 1. The molecule has 2 heterocycles. The predicted octanol–water partition coefficient (Wildman–Crippen LogP) is 2.75. The van der Waals surface area contributed by atoms with Gasteiger partial charge in [-0.2, -0.15) is 0 Å². The molecule has 0 radical (unpaired) electrons. The third kappa shape index (κ3) is 2.91. The number of ether oxygens (including phenoxy) is 1. The molecule has 5 heteroatoms. The number of carbonyl (C=O) groups excluding carboxylic acids is 1. The van der Waals surface area contributed by atoms with Crippen molar-refractivity contribution < 1.29 is 14.6 Å². The molecule has 1 aliphatic heterocycles. The maximum Gasteiger partial charge on any atom is 0.410 e. The molecule has 1 N–H and O–H groups in total. The molecule has 1 amide bonds. The van der Waals surface area contributed by atoms with Gasteiger partial charge in [0.05, 0.1) is 6.54 Å². The molecule has 1 aromatic rings. The van der Waals surface area contributed by atoms with Crippen molar-refractivity contribution in [3.8, 4) is 5.06 Å². The Morgan fingerprint density at radius 1 is 1.53 bits per heavy atom. The van der Waals surface area contributed by atoms with E-state index in [-0.39, 0.29) is 6.09 Å². The van der Waals surface area contributed by atoms with Crippen LogP contribution >= 0.6 is 11.3 Å². The predicted molar refractivity (Wildman–Crippen MR) is 66.3 cm³/mol. The van der Waals surface area contributed by atoms with Crippen molar-refractivity contribution in [3.05, 3.63) is 16.5 Å². The van der Waals surface area contributed by atoms with Crippen LogP contribution in [-0.4, -0.2) is 28.2 Å². The van der Waals surface area contributed by atoms with Crippen molar-refractivity contribution >= 4 is 17.4 Å². The Bertz CT molecular complexity index is 433. The summed E-state index contributed by atoms with van der Waals surface area (Å²) in [6.45, 7) is 6.76. The minimum absolute atomic E-state index is 0.283. The monoisotopic (exact) mass is 255 g/mol. The molecule has 0 aliphatic carbocycles. The largest absolute Gasteiger partial charge is 0.499 e. The highest BCUT2D eigenvalue weighted by molar-refractivity contribution is 7.13. The minimum atomic E-state index is -0.464. The zero-order valence-corrected chi connectivity index (χ0v) is 11.1. The fourth-order valence-corrected chi connectivity index (χ4v) is 2.70. The van der Waals surface area contributed by atoms with Gasteiger partial charge in [-0.1, -0.05) is 0 Å². The van der Waals surface area contributed by atoms with E-state index >= 15 is 0 Å². The van der Waals surface area contributed by atoms with Crippen LogP contribution in [0.15, 0.2) is 6.07 Å². The van der Waals surface area contributed by atoms with Gasteiger partial charge in [-0.15, -0.1) is 11.3 Å². The van der Waals surface area contributed by atoms with Crippen molar-refractivity contribution in [2.45, 2.75) is 39.3 Å². The molecule has 4 nitrogen and oxygen atoms in total. The first-order valence-electron chi connectivity index (χ1n) is 5.63. The summed E-state index contributed by atoms with van der Waals surface area (Å²) in [5.41, 5.74) is 0.568. The standard InChI is InChI=1S/C12H17NO3S/c1-12(2,3)16-11(15)13-5-4-9-8(7-13)6-10(14)17-9/h6,14H,4-5,7H2,1-3H3. The number of rotatable bonds is 0. The highest BCUT2D eigenvalue weighted by Gasteiger charge is 2.26. The van der Waals surface area contributed by atoms with Crippen LogP contribution in [0.4, 0.5) is 4.79 Å². The maximum absolute atomic E-state index is 11.9. The zero-order chi connectivity index (χ0) is 12.6. The second-order valence-electron chi connectivity index (χ2n) is 5.18. The highest BCUT2D eigenvalue weighted by Crippen LogP contribution is 2.32. The number of thiophene rings is 1. The molecule has 0 saturated carbocycles. The van der Waals surface area contributed by atoms with E-state index in [0.29, 0.717) is 18.2 Å². The summed E-state index contributed by atoms with van der Waals surface area (Å²) in [4.78, 5) is 14.7. The summed E-state index contributed by atoms with van der Waals surface area (Å²) in [6, 6.07) is 1.73. The molecular weight excluding hydrogens is 238 g/mol. The van der Waals surface area contributed by atoms with Gasteiger partial charge in [-0.3, -0.25) is 0 Å². The molecule has 1 aromatic heterocycles. The van der Waals surface area contributed by atoms with Crippen LogP contribution in [0.5, 0.6) is 5.06 Å². The van der Waals surface area contributed by atoms with Crippen molar-refractivity contribution in [1.29, 1.82) is 0 Å². The first-order chi connectivity index (χ1) is 7.85. The van der Waals surface area contributed by atoms with Crippen LogP contribution < -0.4 is 0 Å². The minimum Gasteiger partial charge on any atom is -0.499 e. The van der Waals surface area contributed by atoms with E-state index in [2.05, 4.69) is 0 Å². The highest BCUT2D eigenvalue weighted by atomic mass is 32.1. The first-order valence-corrected chi connectivity index (χ1v) is 6.45. The Hall–Kier alpha value is -1.23. The number of fused-ring (bicyclic) bond motifs is 1. The number of nitrogens with zero attached hydrogens (tertiary/aromatic N) is 1. The van der Waals surface area contributed by atoms with Gasteiger partial charge in [0.25, 0.3) is 0 Å². The lowest BCUT2D eigenvalue weighted by molar-refractivity contribution is 0.0225. The summed E-state index contributed by atoms with van der Waals surface area (Å²) in [5, 5.41) is 9.74. The number of hydrogen-bond acceptors (Lipinski definition) is 4. The molecule has 17 heavy (non-hydrogen) atoms. The van der Waals surface area contributed by atoms with Crippen molar-refractivity contribution in [3.63, 3.8) is 0 Å². The first kappa shape index (κ1) is 12.2. The second-order valence-corrected chi connectivity index (χ2v) is 6.30. The van der Waals surface area contributed by atoms with E-state index in [1.165, 1.54) is 16.2 Å². The lowest BCUT2D eigenvalue weighted by Gasteiger charge is -2.29. The number of carbonyl (C=O) groups is 1. The van der Waals surface area contributed by atoms with Gasteiger partial charge in [0, 0.05) is 17.8 Å². The Balaban J connectivity index is 2.05. The SMILES string of the molecule is CC(C)(C)OC(=O)N1CCc2sc(O)cc2C1. The smallest absolute Gasteiger partial charge is 0.410 e. The third-order valence-corrected chi connectivity index (χ3v) is 3.55. The van der Waals surface area contributed by atoms with Gasteiger partial charge in [0.2, 0.25) is 0 Å². The fourth-order valence-electron chi connectivity index (χ4n) is 1.80. The van der Waals surface area contributed by atoms with Gasteiger partial charge in [-0.05, 0) is 32.4 Å². The molecule has 0 spiro atoms. The van der Waals surface area contributed by atoms with Crippen LogP contribution in [0.3, 0.4) is 0 Å². The van der Waals surface area contributed by atoms with E-state index in [1.807, 2.05) is 20.8 Å². The van der Waals surface area contributed by atoms with E-state index in [4.69, 9.17) is 4.74 Å². The van der Waals surface area contributed by atoms with Crippen LogP contribution in [0.1, 0.15) is 31.2 Å². The summed E-state index contributed by atoms with van der Waals surface area (Å²) < 4.78 is 5.33. The average Bonchev–Trinajstić information content (AvgIpc) is 2.53. The third-order valence-electron chi connectivity index (χ3n) is 2.51. The summed E-state index contributed by atoms with van der Waals surface area (Å²) in [6.07, 6.45) is 0.508. The summed E-state index contributed by atoms with van der Waals surface area (Å²) >= 11 is 1.39. The maximum atomic E-state index is 11.9. The molecule has 1 aliphatic rings. The topological polar surface area (TPSA) is 49.8 Å². The molecule has 2 rings (SSSR count).